The summed E-state index contributed by atoms with van der Waals surface area (Å²) in [6.07, 6.45) is 1.49. The fourth-order valence-corrected chi connectivity index (χ4v) is 0.847. The standard InChI is InChI=1S/C11H20N2O/c1-6-10(12-7-2)11(14)13-9(5)8(3)4/h6,8-9H,1,7H2,2-5H3,(H,13,14)/b12-10+/t9-/m1/s1. The van der Waals surface area contributed by atoms with Crippen LogP contribution in [-0.2, 0) is 4.79 Å². The van der Waals surface area contributed by atoms with E-state index in [1.807, 2.05) is 13.8 Å². The highest BCUT2D eigenvalue weighted by molar-refractivity contribution is 6.43. The maximum atomic E-state index is 11.6. The molecule has 0 aliphatic heterocycles. The highest BCUT2D eigenvalue weighted by atomic mass is 16.1. The van der Waals surface area contributed by atoms with Crippen LogP contribution in [-0.4, -0.2) is 24.2 Å². The molecule has 80 valence electrons. The summed E-state index contributed by atoms with van der Waals surface area (Å²) in [4.78, 5) is 15.6. The Morgan fingerprint density at radius 3 is 2.43 bits per heavy atom. The molecule has 0 fully saturated rings. The number of nitrogens with one attached hydrogen (secondary N) is 1. The number of aliphatic imine (C=N–C) groups is 1. The predicted molar refractivity (Wildman–Crippen MR) is 60.6 cm³/mol. The van der Waals surface area contributed by atoms with Crippen LogP contribution in [0.15, 0.2) is 17.6 Å². The van der Waals surface area contributed by atoms with E-state index in [2.05, 4.69) is 30.7 Å². The zero-order valence-corrected chi connectivity index (χ0v) is 9.50. The van der Waals surface area contributed by atoms with Gasteiger partial charge in [0.05, 0.1) is 0 Å². The molecule has 1 atom stereocenters. The summed E-state index contributed by atoms with van der Waals surface area (Å²) in [6, 6.07) is 0.157. The van der Waals surface area contributed by atoms with Gasteiger partial charge >= 0.3 is 0 Å². The van der Waals surface area contributed by atoms with Crippen molar-refractivity contribution in [1.82, 2.24) is 5.32 Å². The van der Waals surface area contributed by atoms with Crippen molar-refractivity contribution >= 4 is 11.6 Å². The lowest BCUT2D eigenvalue weighted by Gasteiger charge is -2.17. The van der Waals surface area contributed by atoms with E-state index in [1.54, 1.807) is 0 Å². The second kappa shape index (κ2) is 6.35. The second-order valence-electron chi connectivity index (χ2n) is 3.57. The maximum absolute atomic E-state index is 11.6. The zero-order chi connectivity index (χ0) is 11.1. The van der Waals surface area contributed by atoms with Crippen LogP contribution < -0.4 is 5.32 Å². The molecule has 0 saturated carbocycles. The monoisotopic (exact) mass is 196 g/mol. The van der Waals surface area contributed by atoms with Gasteiger partial charge in [-0.3, -0.25) is 9.79 Å². The molecule has 0 aliphatic carbocycles. The third kappa shape index (κ3) is 4.21. The molecule has 14 heavy (non-hydrogen) atoms. The normalized spacial score (nSPS) is 13.9. The van der Waals surface area contributed by atoms with E-state index in [-0.39, 0.29) is 11.9 Å². The molecule has 0 aromatic rings. The molecule has 0 unspecified atom stereocenters. The van der Waals surface area contributed by atoms with Crippen LogP contribution in [0.4, 0.5) is 0 Å². The lowest BCUT2D eigenvalue weighted by Crippen LogP contribution is -2.39. The van der Waals surface area contributed by atoms with Crippen LogP contribution >= 0.6 is 0 Å². The van der Waals surface area contributed by atoms with Crippen molar-refractivity contribution in [3.8, 4) is 0 Å². The Hall–Kier alpha value is -1.12. The fraction of sp³-hybridized carbons (Fsp3) is 0.636. The van der Waals surface area contributed by atoms with Crippen LogP contribution in [0.3, 0.4) is 0 Å². The first-order valence-corrected chi connectivity index (χ1v) is 5.00. The average molecular weight is 196 g/mol. The lowest BCUT2D eigenvalue weighted by molar-refractivity contribution is -0.115. The molecule has 3 nitrogen and oxygen atoms in total. The molecule has 0 spiro atoms. The Balaban J connectivity index is 4.32. The summed E-state index contributed by atoms with van der Waals surface area (Å²) < 4.78 is 0. The minimum absolute atomic E-state index is 0.136. The molecule has 0 aliphatic rings. The molecule has 1 N–H and O–H groups in total. The number of nitrogens with zero attached hydrogens (tertiary/aromatic N) is 1. The number of rotatable bonds is 5. The number of amides is 1. The van der Waals surface area contributed by atoms with E-state index in [1.165, 1.54) is 6.08 Å². The number of hydrogen-bond acceptors (Lipinski definition) is 2. The summed E-state index contributed by atoms with van der Waals surface area (Å²) in [5.41, 5.74) is 0.417. The van der Waals surface area contributed by atoms with E-state index < -0.39 is 0 Å². The van der Waals surface area contributed by atoms with E-state index in [0.717, 1.165) is 0 Å². The molecule has 0 saturated heterocycles. The topological polar surface area (TPSA) is 41.5 Å². The highest BCUT2D eigenvalue weighted by Gasteiger charge is 2.13. The van der Waals surface area contributed by atoms with Gasteiger partial charge in [-0.2, -0.15) is 0 Å². The minimum atomic E-state index is -0.136. The zero-order valence-electron chi connectivity index (χ0n) is 9.50. The SMILES string of the molecule is C=C/C(=N\CC)C(=O)N[C@H](C)C(C)C. The lowest BCUT2D eigenvalue weighted by atomic mass is 10.1. The van der Waals surface area contributed by atoms with E-state index >= 15 is 0 Å². The Kier molecular flexibility index (Phi) is 5.84. The summed E-state index contributed by atoms with van der Waals surface area (Å²) in [5.74, 6) is 0.287. The van der Waals surface area contributed by atoms with Gasteiger partial charge in [-0.1, -0.05) is 20.4 Å². The van der Waals surface area contributed by atoms with Gasteiger partial charge in [0.2, 0.25) is 0 Å². The number of carbonyl (C=O) groups is 1. The van der Waals surface area contributed by atoms with Crippen LogP contribution in [0.5, 0.6) is 0 Å². The van der Waals surface area contributed by atoms with E-state index in [4.69, 9.17) is 0 Å². The molecule has 0 aromatic carbocycles. The molecule has 0 aromatic heterocycles. The molecule has 0 heterocycles. The Labute approximate surface area is 86.3 Å². The van der Waals surface area contributed by atoms with Gasteiger partial charge in [0.1, 0.15) is 5.71 Å². The largest absolute Gasteiger partial charge is 0.348 e. The van der Waals surface area contributed by atoms with Crippen LogP contribution in [0.1, 0.15) is 27.7 Å². The minimum Gasteiger partial charge on any atom is -0.348 e. The fourth-order valence-electron chi connectivity index (χ4n) is 0.847. The smallest absolute Gasteiger partial charge is 0.269 e. The van der Waals surface area contributed by atoms with Crippen molar-refractivity contribution in [1.29, 1.82) is 0 Å². The van der Waals surface area contributed by atoms with Crippen molar-refractivity contribution < 1.29 is 4.79 Å². The highest BCUT2D eigenvalue weighted by Crippen LogP contribution is 1.99. The van der Waals surface area contributed by atoms with Crippen molar-refractivity contribution in [2.24, 2.45) is 10.9 Å². The van der Waals surface area contributed by atoms with Crippen LogP contribution in [0.25, 0.3) is 0 Å². The van der Waals surface area contributed by atoms with E-state index in [0.29, 0.717) is 18.2 Å². The Bertz CT molecular complexity index is 231. The molecular weight excluding hydrogens is 176 g/mol. The van der Waals surface area contributed by atoms with Gasteiger partial charge in [-0.05, 0) is 25.8 Å². The molecule has 0 radical (unpaired) electrons. The first kappa shape index (κ1) is 12.9. The van der Waals surface area contributed by atoms with Crippen LogP contribution in [0.2, 0.25) is 0 Å². The summed E-state index contributed by atoms with van der Waals surface area (Å²) >= 11 is 0. The van der Waals surface area contributed by atoms with Crippen molar-refractivity contribution in [3.05, 3.63) is 12.7 Å². The first-order valence-electron chi connectivity index (χ1n) is 5.00. The second-order valence-corrected chi connectivity index (χ2v) is 3.57. The van der Waals surface area contributed by atoms with Gasteiger partial charge in [-0.25, -0.2) is 0 Å². The van der Waals surface area contributed by atoms with Crippen molar-refractivity contribution in [3.63, 3.8) is 0 Å². The van der Waals surface area contributed by atoms with Gasteiger partial charge in [0.25, 0.3) is 5.91 Å². The predicted octanol–water partition coefficient (Wildman–Crippen LogP) is 1.79. The Morgan fingerprint density at radius 1 is 1.50 bits per heavy atom. The van der Waals surface area contributed by atoms with E-state index in [9.17, 15) is 4.79 Å². The third-order valence-electron chi connectivity index (χ3n) is 2.11. The van der Waals surface area contributed by atoms with Crippen molar-refractivity contribution in [2.45, 2.75) is 33.7 Å². The average Bonchev–Trinajstić information content (AvgIpc) is 2.13. The van der Waals surface area contributed by atoms with Gasteiger partial charge < -0.3 is 5.32 Å². The Morgan fingerprint density at radius 2 is 2.07 bits per heavy atom. The summed E-state index contributed by atoms with van der Waals surface area (Å²) in [6.45, 7) is 12.2. The number of carbonyl (C=O) groups excluding carboxylic acids is 1. The van der Waals surface area contributed by atoms with Crippen LogP contribution in [0, 0.1) is 5.92 Å². The first-order chi connectivity index (χ1) is 6.52. The molecule has 0 bridgehead atoms. The summed E-state index contributed by atoms with van der Waals surface area (Å²) in [7, 11) is 0. The molecule has 3 heteroatoms. The number of hydrogen-bond donors (Lipinski definition) is 1. The summed E-state index contributed by atoms with van der Waals surface area (Å²) in [5, 5.41) is 2.87. The third-order valence-corrected chi connectivity index (χ3v) is 2.11. The maximum Gasteiger partial charge on any atom is 0.269 e. The molecular formula is C11H20N2O. The molecule has 1 amide bonds. The van der Waals surface area contributed by atoms with Crippen molar-refractivity contribution in [2.75, 3.05) is 6.54 Å². The van der Waals surface area contributed by atoms with Gasteiger partial charge in [0.15, 0.2) is 0 Å². The quantitative estimate of drug-likeness (QED) is 0.669. The molecule has 0 rings (SSSR count). The van der Waals surface area contributed by atoms with Gasteiger partial charge in [0, 0.05) is 12.6 Å². The van der Waals surface area contributed by atoms with Gasteiger partial charge in [-0.15, -0.1) is 0 Å².